The number of nitrogens with one attached hydrogen (secondary N) is 1. The van der Waals surface area contributed by atoms with Crippen LogP contribution in [0, 0.1) is 0 Å². The number of H-pyrrole nitrogens is 1. The van der Waals surface area contributed by atoms with Gasteiger partial charge in [-0.2, -0.15) is 0 Å². The van der Waals surface area contributed by atoms with E-state index in [1.165, 1.54) is 5.56 Å². The van der Waals surface area contributed by atoms with E-state index in [-0.39, 0.29) is 11.6 Å². The molecule has 24 heavy (non-hydrogen) atoms. The zero-order chi connectivity index (χ0) is 17.1. The second-order valence-electron chi connectivity index (χ2n) is 5.95. The maximum absolute atomic E-state index is 12.4. The number of rotatable bonds is 5. The van der Waals surface area contributed by atoms with Gasteiger partial charge in [-0.25, -0.2) is 0 Å². The molecule has 0 spiro atoms. The molecule has 5 heteroatoms. The molecule has 1 N–H and O–H groups in total. The van der Waals surface area contributed by atoms with Gasteiger partial charge in [0, 0.05) is 41.0 Å². The van der Waals surface area contributed by atoms with Gasteiger partial charge in [0.05, 0.1) is 0 Å². The minimum atomic E-state index is -0.0190. The fourth-order valence-electron chi connectivity index (χ4n) is 2.77. The molecule has 0 aliphatic rings. The van der Waals surface area contributed by atoms with Crippen LogP contribution in [0.5, 0.6) is 0 Å². The first-order valence-electron chi connectivity index (χ1n) is 7.88. The molecule has 0 amide bonds. The van der Waals surface area contributed by atoms with Crippen LogP contribution in [-0.2, 0) is 6.54 Å². The summed E-state index contributed by atoms with van der Waals surface area (Å²) >= 11 is 1.67. The highest BCUT2D eigenvalue weighted by Gasteiger charge is 2.14. The average molecular weight is 339 g/mol. The first-order chi connectivity index (χ1) is 11.6. The van der Waals surface area contributed by atoms with E-state index in [2.05, 4.69) is 33.9 Å². The van der Waals surface area contributed by atoms with Gasteiger partial charge in [-0.15, -0.1) is 11.8 Å². The van der Waals surface area contributed by atoms with Crippen LogP contribution in [0.4, 0.5) is 0 Å². The molecule has 0 saturated heterocycles. The number of pyridine rings is 2. The number of benzene rings is 1. The lowest BCUT2D eigenvalue weighted by atomic mass is 10.1. The number of hydrogen-bond acceptors (Lipinski definition) is 4. The summed E-state index contributed by atoms with van der Waals surface area (Å²) < 4.78 is 0. The lowest BCUT2D eigenvalue weighted by Crippen LogP contribution is -2.26. The molecule has 0 bridgehead atoms. The molecule has 0 aliphatic carbocycles. The molecule has 0 radical (unpaired) electrons. The predicted octanol–water partition coefficient (Wildman–Crippen LogP) is 3.84. The molecule has 124 valence electrons. The highest BCUT2D eigenvalue weighted by molar-refractivity contribution is 7.98. The summed E-state index contributed by atoms with van der Waals surface area (Å²) in [5.41, 5.74) is 2.84. The van der Waals surface area contributed by atoms with Crippen molar-refractivity contribution in [1.82, 2.24) is 14.9 Å². The number of nitrogens with zero attached hydrogens (tertiary/aromatic N) is 2. The standard InChI is InChI=1S/C19H21N3OS/c1-13(14-6-8-20-9-7-14)22(2)12-16-10-15-4-5-17(24-3)11-18(15)21-19(16)23/h4-11,13H,12H2,1-3H3,(H,21,23)/t13-/m0/s1. The summed E-state index contributed by atoms with van der Waals surface area (Å²) in [6, 6.07) is 12.4. The number of aromatic amines is 1. The van der Waals surface area contributed by atoms with Crippen LogP contribution in [0.1, 0.15) is 24.1 Å². The summed E-state index contributed by atoms with van der Waals surface area (Å²) in [5.74, 6) is 0. The number of hydrogen-bond donors (Lipinski definition) is 1. The third-order valence-corrected chi connectivity index (χ3v) is 5.12. The van der Waals surface area contributed by atoms with Gasteiger partial charge in [0.1, 0.15) is 0 Å². The van der Waals surface area contributed by atoms with E-state index >= 15 is 0 Å². The molecular weight excluding hydrogens is 318 g/mol. The van der Waals surface area contributed by atoms with E-state index < -0.39 is 0 Å². The van der Waals surface area contributed by atoms with E-state index in [1.807, 2.05) is 37.6 Å². The van der Waals surface area contributed by atoms with Crippen molar-refractivity contribution < 1.29 is 0 Å². The van der Waals surface area contributed by atoms with Gasteiger partial charge in [-0.3, -0.25) is 14.7 Å². The second kappa shape index (κ2) is 7.20. The summed E-state index contributed by atoms with van der Waals surface area (Å²) in [7, 11) is 2.03. The van der Waals surface area contributed by atoms with Crippen LogP contribution in [0.3, 0.4) is 0 Å². The zero-order valence-electron chi connectivity index (χ0n) is 14.1. The van der Waals surface area contributed by atoms with Crippen molar-refractivity contribution in [2.45, 2.75) is 24.4 Å². The van der Waals surface area contributed by atoms with E-state index in [4.69, 9.17) is 0 Å². The van der Waals surface area contributed by atoms with Crippen molar-refractivity contribution in [3.05, 3.63) is 70.3 Å². The minimum Gasteiger partial charge on any atom is -0.322 e. The van der Waals surface area contributed by atoms with Crippen molar-refractivity contribution >= 4 is 22.7 Å². The maximum atomic E-state index is 12.4. The van der Waals surface area contributed by atoms with Crippen molar-refractivity contribution in [2.75, 3.05) is 13.3 Å². The summed E-state index contributed by atoms with van der Waals surface area (Å²) in [6.45, 7) is 2.73. The highest BCUT2D eigenvalue weighted by Crippen LogP contribution is 2.22. The van der Waals surface area contributed by atoms with E-state index in [0.717, 1.165) is 21.4 Å². The molecule has 0 saturated carbocycles. The largest absolute Gasteiger partial charge is 0.322 e. The van der Waals surface area contributed by atoms with Crippen molar-refractivity contribution in [3.63, 3.8) is 0 Å². The fourth-order valence-corrected chi connectivity index (χ4v) is 3.21. The highest BCUT2D eigenvalue weighted by atomic mass is 32.2. The first kappa shape index (κ1) is 16.7. The fraction of sp³-hybridized carbons (Fsp3) is 0.263. The molecule has 2 aromatic heterocycles. The topological polar surface area (TPSA) is 49.0 Å². The van der Waals surface area contributed by atoms with Gasteiger partial charge in [0.15, 0.2) is 0 Å². The van der Waals surface area contributed by atoms with Gasteiger partial charge in [-0.1, -0.05) is 6.07 Å². The van der Waals surface area contributed by atoms with E-state index in [9.17, 15) is 4.79 Å². The first-order valence-corrected chi connectivity index (χ1v) is 9.11. The summed E-state index contributed by atoms with van der Waals surface area (Å²) in [5, 5.41) is 1.06. The Morgan fingerprint density at radius 2 is 1.96 bits per heavy atom. The molecular formula is C19H21N3OS. The van der Waals surface area contributed by atoms with Crippen molar-refractivity contribution in [3.8, 4) is 0 Å². The maximum Gasteiger partial charge on any atom is 0.252 e. The zero-order valence-corrected chi connectivity index (χ0v) is 14.9. The van der Waals surface area contributed by atoms with Crippen molar-refractivity contribution in [2.24, 2.45) is 0 Å². The third kappa shape index (κ3) is 3.52. The smallest absolute Gasteiger partial charge is 0.252 e. The Morgan fingerprint density at radius 3 is 2.67 bits per heavy atom. The van der Waals surface area contributed by atoms with Gasteiger partial charge in [-0.05, 0) is 61.5 Å². The lowest BCUT2D eigenvalue weighted by Gasteiger charge is -2.24. The van der Waals surface area contributed by atoms with Gasteiger partial charge >= 0.3 is 0 Å². The number of thioether (sulfide) groups is 1. The van der Waals surface area contributed by atoms with Crippen LogP contribution in [-0.4, -0.2) is 28.2 Å². The quantitative estimate of drug-likeness (QED) is 0.718. The molecule has 1 aromatic carbocycles. The van der Waals surface area contributed by atoms with Crippen LogP contribution >= 0.6 is 11.8 Å². The van der Waals surface area contributed by atoms with Gasteiger partial charge < -0.3 is 4.98 Å². The molecule has 0 unspecified atom stereocenters. The van der Waals surface area contributed by atoms with Crippen LogP contribution < -0.4 is 5.56 Å². The van der Waals surface area contributed by atoms with Crippen LogP contribution in [0.25, 0.3) is 10.9 Å². The molecule has 2 heterocycles. The Balaban J connectivity index is 1.87. The molecule has 0 aliphatic heterocycles. The monoisotopic (exact) mass is 339 g/mol. The second-order valence-corrected chi connectivity index (χ2v) is 6.83. The Labute approximate surface area is 145 Å². The molecule has 0 fully saturated rings. The molecule has 1 atom stereocenters. The van der Waals surface area contributed by atoms with E-state index in [0.29, 0.717) is 6.54 Å². The Bertz CT molecular complexity index is 892. The summed E-state index contributed by atoms with van der Waals surface area (Å²) in [6.07, 6.45) is 5.63. The number of fused-ring (bicyclic) bond motifs is 1. The van der Waals surface area contributed by atoms with Crippen LogP contribution in [0.2, 0.25) is 0 Å². The van der Waals surface area contributed by atoms with Gasteiger partial charge in [0.25, 0.3) is 5.56 Å². The SMILES string of the molecule is CSc1ccc2cc(CN(C)[C@@H](C)c3ccncc3)c(=O)[nH]c2c1. The Hall–Kier alpha value is -2.11. The predicted molar refractivity (Wildman–Crippen MR) is 100 cm³/mol. The van der Waals surface area contributed by atoms with Gasteiger partial charge in [0.2, 0.25) is 0 Å². The number of aromatic nitrogens is 2. The Kier molecular flexibility index (Phi) is 5.02. The Morgan fingerprint density at radius 1 is 1.21 bits per heavy atom. The minimum absolute atomic E-state index is 0.0190. The third-order valence-electron chi connectivity index (χ3n) is 4.40. The average Bonchev–Trinajstić information content (AvgIpc) is 2.62. The normalized spacial score (nSPS) is 12.7. The summed E-state index contributed by atoms with van der Waals surface area (Å²) in [4.78, 5) is 22.8. The molecule has 4 nitrogen and oxygen atoms in total. The molecule has 3 aromatic rings. The lowest BCUT2D eigenvalue weighted by molar-refractivity contribution is 0.252. The van der Waals surface area contributed by atoms with Crippen molar-refractivity contribution in [1.29, 1.82) is 0 Å². The van der Waals surface area contributed by atoms with E-state index in [1.54, 1.807) is 24.2 Å². The van der Waals surface area contributed by atoms with Crippen LogP contribution in [0.15, 0.2) is 58.5 Å². The molecule has 3 rings (SSSR count).